The number of hydrogen-bond donors (Lipinski definition) is 1. The minimum atomic E-state index is -4.34. The van der Waals surface area contributed by atoms with Gasteiger partial charge in [0.25, 0.3) is 0 Å². The Hall–Kier alpha value is -1.73. The summed E-state index contributed by atoms with van der Waals surface area (Å²) in [7, 11) is 0. The molecule has 30 heavy (non-hydrogen) atoms. The Kier molecular flexibility index (Phi) is 4.82. The number of Topliss-reactive ketones (excluding diaryl/α,β-unsaturated/α-hetero) is 1. The van der Waals surface area contributed by atoms with Crippen LogP contribution >= 0.6 is 11.3 Å². The molecule has 6 rings (SSSR count). The van der Waals surface area contributed by atoms with Gasteiger partial charge in [0, 0.05) is 18.2 Å². The summed E-state index contributed by atoms with van der Waals surface area (Å²) >= 11 is 1.38. The number of alkyl halides is 3. The van der Waals surface area contributed by atoms with Crippen LogP contribution in [0.25, 0.3) is 0 Å². The highest BCUT2D eigenvalue weighted by Gasteiger charge is 2.54. The molecule has 2 unspecified atom stereocenters. The van der Waals surface area contributed by atoms with E-state index in [1.165, 1.54) is 23.5 Å². The topological polar surface area (TPSA) is 50.2 Å². The second kappa shape index (κ2) is 7.16. The van der Waals surface area contributed by atoms with E-state index >= 15 is 0 Å². The zero-order valence-corrected chi connectivity index (χ0v) is 17.3. The van der Waals surface area contributed by atoms with Gasteiger partial charge in [0.1, 0.15) is 5.69 Å². The molecule has 4 aliphatic carbocycles. The minimum absolute atomic E-state index is 0.0504. The van der Waals surface area contributed by atoms with Gasteiger partial charge in [0.15, 0.2) is 5.78 Å². The molecule has 4 bridgehead atoms. The molecule has 4 aliphatic rings. The number of thiazole rings is 1. The van der Waals surface area contributed by atoms with E-state index in [0.717, 1.165) is 54.8 Å². The smallest absolute Gasteiger partial charge is 0.390 e. The van der Waals surface area contributed by atoms with Crippen molar-refractivity contribution < 1.29 is 23.1 Å². The molecular weight excluding hydrogens is 411 g/mol. The Morgan fingerprint density at radius 3 is 2.40 bits per heavy atom. The normalized spacial score (nSPS) is 32.5. The molecule has 2 aromatic rings. The zero-order chi connectivity index (χ0) is 21.1. The van der Waals surface area contributed by atoms with Crippen LogP contribution in [0.3, 0.4) is 0 Å². The maximum Gasteiger partial charge on any atom is 0.416 e. The molecule has 3 nitrogen and oxygen atoms in total. The molecule has 1 heterocycles. The second-order valence-corrected chi connectivity index (χ2v) is 10.4. The number of rotatable bonds is 5. The van der Waals surface area contributed by atoms with Gasteiger partial charge in [0.2, 0.25) is 0 Å². The molecule has 1 N–H and O–H groups in total. The molecule has 1 aromatic carbocycles. The number of aromatic nitrogens is 1. The van der Waals surface area contributed by atoms with Gasteiger partial charge in [-0.15, -0.1) is 11.3 Å². The molecule has 4 saturated carbocycles. The number of ketones is 1. The molecule has 160 valence electrons. The van der Waals surface area contributed by atoms with E-state index in [0.29, 0.717) is 42.2 Å². The van der Waals surface area contributed by atoms with Gasteiger partial charge in [-0.25, -0.2) is 4.98 Å². The van der Waals surface area contributed by atoms with Crippen LogP contribution in [0.2, 0.25) is 0 Å². The van der Waals surface area contributed by atoms with Gasteiger partial charge >= 0.3 is 6.18 Å². The van der Waals surface area contributed by atoms with Crippen molar-refractivity contribution in [2.75, 3.05) is 0 Å². The third-order valence-corrected chi connectivity index (χ3v) is 8.18. The molecule has 4 fully saturated rings. The van der Waals surface area contributed by atoms with Gasteiger partial charge < -0.3 is 5.11 Å². The Balaban J connectivity index is 1.23. The summed E-state index contributed by atoms with van der Waals surface area (Å²) in [6.07, 6.45) is 1.41. The van der Waals surface area contributed by atoms with Crippen LogP contribution in [-0.2, 0) is 12.6 Å². The van der Waals surface area contributed by atoms with E-state index in [1.807, 2.05) is 0 Å². The highest BCUT2D eigenvalue weighted by Crippen LogP contribution is 2.59. The number of aliphatic hydroxyl groups is 1. The molecule has 2 atom stereocenters. The van der Waals surface area contributed by atoms with Gasteiger partial charge in [-0.05, 0) is 73.5 Å². The van der Waals surface area contributed by atoms with E-state index in [4.69, 9.17) is 0 Å². The van der Waals surface area contributed by atoms with Gasteiger partial charge in [-0.2, -0.15) is 13.2 Å². The number of hydrogen-bond acceptors (Lipinski definition) is 4. The summed E-state index contributed by atoms with van der Waals surface area (Å²) in [5, 5.41) is 13.2. The number of nitrogens with zero attached hydrogens (tertiary/aromatic N) is 1. The Morgan fingerprint density at radius 1 is 1.13 bits per heavy atom. The van der Waals surface area contributed by atoms with Crippen molar-refractivity contribution >= 4 is 17.1 Å². The number of carbonyl (C=O) groups excluding carboxylic acids is 1. The summed E-state index contributed by atoms with van der Waals surface area (Å²) in [5.74, 6) is 1.89. The van der Waals surface area contributed by atoms with E-state index < -0.39 is 17.3 Å². The summed E-state index contributed by atoms with van der Waals surface area (Å²) in [4.78, 5) is 17.4. The van der Waals surface area contributed by atoms with Gasteiger partial charge in [0.05, 0.1) is 16.2 Å². The first-order chi connectivity index (χ1) is 14.2. The van der Waals surface area contributed by atoms with Crippen LogP contribution in [0, 0.1) is 23.7 Å². The fourth-order valence-corrected chi connectivity index (χ4v) is 7.08. The maximum absolute atomic E-state index is 12.9. The maximum atomic E-state index is 12.9. The van der Waals surface area contributed by atoms with Crippen molar-refractivity contribution in [2.45, 2.75) is 56.7 Å². The monoisotopic (exact) mass is 435 g/mol. The highest BCUT2D eigenvalue weighted by molar-refractivity contribution is 7.09. The average Bonchev–Trinajstić information content (AvgIpc) is 3.11. The molecular formula is C23H24F3NO2S. The van der Waals surface area contributed by atoms with E-state index in [2.05, 4.69) is 4.98 Å². The van der Waals surface area contributed by atoms with Crippen molar-refractivity contribution in [1.82, 2.24) is 4.98 Å². The minimum Gasteiger partial charge on any atom is -0.390 e. The lowest BCUT2D eigenvalue weighted by atomic mass is 9.49. The van der Waals surface area contributed by atoms with Crippen LogP contribution in [0.5, 0.6) is 0 Å². The van der Waals surface area contributed by atoms with Crippen molar-refractivity contribution in [1.29, 1.82) is 0 Å². The second-order valence-electron chi connectivity index (χ2n) is 9.48. The van der Waals surface area contributed by atoms with Crippen LogP contribution in [0.1, 0.15) is 65.1 Å². The summed E-state index contributed by atoms with van der Waals surface area (Å²) < 4.78 is 38.1. The van der Waals surface area contributed by atoms with E-state index in [1.54, 1.807) is 5.38 Å². The third kappa shape index (κ3) is 3.82. The molecule has 0 radical (unpaired) electrons. The number of halogens is 3. The summed E-state index contributed by atoms with van der Waals surface area (Å²) in [6.45, 7) is 0. The van der Waals surface area contributed by atoms with Gasteiger partial charge in [-0.1, -0.05) is 12.1 Å². The standard InChI is InChI=1S/C23H24F3NO2S/c24-23(25,26)17-3-1-13(2-4-17)7-21-27-19(12-30-21)20(28)8-18-15-5-14-6-16(18)11-22(29,9-14)10-15/h1-4,12,14-16,18,29H,5-11H2. The molecule has 0 aliphatic heterocycles. The summed E-state index contributed by atoms with van der Waals surface area (Å²) in [5.41, 5.74) is 0.0487. The summed E-state index contributed by atoms with van der Waals surface area (Å²) in [6, 6.07) is 5.08. The highest BCUT2D eigenvalue weighted by atomic mass is 32.1. The van der Waals surface area contributed by atoms with Gasteiger partial charge in [-0.3, -0.25) is 4.79 Å². The molecule has 0 saturated heterocycles. The molecule has 1 aromatic heterocycles. The first-order valence-electron chi connectivity index (χ1n) is 10.5. The van der Waals surface area contributed by atoms with Crippen molar-refractivity contribution in [3.63, 3.8) is 0 Å². The van der Waals surface area contributed by atoms with Crippen LogP contribution < -0.4 is 0 Å². The lowest BCUT2D eigenvalue weighted by molar-refractivity contribution is -0.151. The fourth-order valence-electron chi connectivity index (χ4n) is 6.24. The largest absolute Gasteiger partial charge is 0.416 e. The molecule has 0 amide bonds. The third-order valence-electron chi connectivity index (χ3n) is 7.33. The zero-order valence-electron chi connectivity index (χ0n) is 16.5. The average molecular weight is 436 g/mol. The van der Waals surface area contributed by atoms with Crippen molar-refractivity contribution in [3.05, 3.63) is 51.5 Å². The first-order valence-corrected chi connectivity index (χ1v) is 11.4. The molecule has 7 heteroatoms. The number of benzene rings is 1. The van der Waals surface area contributed by atoms with Crippen LogP contribution in [0.15, 0.2) is 29.6 Å². The van der Waals surface area contributed by atoms with E-state index in [-0.39, 0.29) is 5.78 Å². The predicted molar refractivity (Wildman–Crippen MR) is 107 cm³/mol. The first kappa shape index (κ1) is 20.2. The Bertz CT molecular complexity index is 936. The number of carbonyl (C=O) groups is 1. The lowest BCUT2D eigenvalue weighted by Crippen LogP contribution is -2.54. The SMILES string of the molecule is O=C(CC1C2CC3CC1CC(O)(C3)C2)c1csc(Cc2ccc(C(F)(F)F)cc2)n1. The molecule has 0 spiro atoms. The fraction of sp³-hybridized carbons (Fsp3) is 0.565. The predicted octanol–water partition coefficient (Wildman–Crippen LogP) is 5.51. The quantitative estimate of drug-likeness (QED) is 0.630. The Morgan fingerprint density at radius 2 is 1.80 bits per heavy atom. The van der Waals surface area contributed by atoms with Crippen molar-refractivity contribution in [2.24, 2.45) is 23.7 Å². The van der Waals surface area contributed by atoms with Crippen LogP contribution in [0.4, 0.5) is 13.2 Å². The Labute approximate surface area is 177 Å². The lowest BCUT2D eigenvalue weighted by Gasteiger charge is -2.58. The van der Waals surface area contributed by atoms with E-state index in [9.17, 15) is 23.1 Å². The van der Waals surface area contributed by atoms with Crippen LogP contribution in [-0.4, -0.2) is 21.5 Å². The van der Waals surface area contributed by atoms with Crippen molar-refractivity contribution in [3.8, 4) is 0 Å².